The molecule has 1 fully saturated rings. The fourth-order valence-corrected chi connectivity index (χ4v) is 2.56. The first kappa shape index (κ1) is 14.8. The number of likely N-dealkylation sites (tertiary alicyclic amines) is 1. The summed E-state index contributed by atoms with van der Waals surface area (Å²) in [7, 11) is 1.61. The summed E-state index contributed by atoms with van der Waals surface area (Å²) < 4.78 is 5.12. The van der Waals surface area contributed by atoms with E-state index in [1.807, 2.05) is 11.0 Å². The van der Waals surface area contributed by atoms with Crippen molar-refractivity contribution in [2.45, 2.75) is 25.7 Å². The largest absolute Gasteiger partial charge is 0.495 e. The Morgan fingerprint density at radius 3 is 3.15 bits per heavy atom. The molecule has 1 unspecified atom stereocenters. The second kappa shape index (κ2) is 7.24. The van der Waals surface area contributed by atoms with E-state index in [-0.39, 0.29) is 18.4 Å². The molecule has 1 atom stereocenters. The van der Waals surface area contributed by atoms with Gasteiger partial charge in [0.15, 0.2) is 0 Å². The van der Waals surface area contributed by atoms with Crippen molar-refractivity contribution in [2.24, 2.45) is 5.92 Å². The SMILES string of the molecule is COc1cncc(CCC(=O)N2CCCC(CO)C2)c1. The van der Waals surface area contributed by atoms with Gasteiger partial charge < -0.3 is 14.7 Å². The minimum atomic E-state index is 0.158. The number of rotatable bonds is 5. The Bertz CT molecular complexity index is 450. The Morgan fingerprint density at radius 1 is 1.55 bits per heavy atom. The lowest BCUT2D eigenvalue weighted by Gasteiger charge is -2.32. The van der Waals surface area contributed by atoms with Crippen molar-refractivity contribution < 1.29 is 14.6 Å². The molecule has 20 heavy (non-hydrogen) atoms. The van der Waals surface area contributed by atoms with Gasteiger partial charge >= 0.3 is 0 Å². The minimum absolute atomic E-state index is 0.158. The summed E-state index contributed by atoms with van der Waals surface area (Å²) in [6.07, 6.45) is 6.57. The predicted octanol–water partition coefficient (Wildman–Crippen LogP) is 1.25. The zero-order valence-electron chi connectivity index (χ0n) is 11.9. The molecule has 1 N–H and O–H groups in total. The number of aryl methyl sites for hydroxylation is 1. The second-order valence-electron chi connectivity index (χ2n) is 5.26. The maximum Gasteiger partial charge on any atom is 0.222 e. The summed E-state index contributed by atoms with van der Waals surface area (Å²) in [5.74, 6) is 1.12. The average Bonchev–Trinajstić information content (AvgIpc) is 2.52. The van der Waals surface area contributed by atoms with E-state index in [1.54, 1.807) is 19.5 Å². The van der Waals surface area contributed by atoms with Gasteiger partial charge in [-0.1, -0.05) is 0 Å². The van der Waals surface area contributed by atoms with E-state index in [4.69, 9.17) is 4.74 Å². The molecule has 0 aliphatic carbocycles. The molecule has 1 aromatic rings. The van der Waals surface area contributed by atoms with Crippen LogP contribution in [0.1, 0.15) is 24.8 Å². The van der Waals surface area contributed by atoms with E-state index in [9.17, 15) is 9.90 Å². The zero-order valence-corrected chi connectivity index (χ0v) is 11.9. The lowest BCUT2D eigenvalue weighted by atomic mass is 9.98. The van der Waals surface area contributed by atoms with Crippen molar-refractivity contribution in [3.8, 4) is 5.75 Å². The number of carbonyl (C=O) groups is 1. The van der Waals surface area contributed by atoms with Crippen molar-refractivity contribution >= 4 is 5.91 Å². The van der Waals surface area contributed by atoms with Gasteiger partial charge in [0.1, 0.15) is 5.75 Å². The molecule has 110 valence electrons. The summed E-state index contributed by atoms with van der Waals surface area (Å²) in [6.45, 7) is 1.67. The fourth-order valence-electron chi connectivity index (χ4n) is 2.56. The molecule has 0 radical (unpaired) electrons. The quantitative estimate of drug-likeness (QED) is 0.880. The maximum absolute atomic E-state index is 12.2. The molecular formula is C15H22N2O3. The number of methoxy groups -OCH3 is 1. The molecule has 1 amide bonds. The molecule has 0 saturated carbocycles. The van der Waals surface area contributed by atoms with Crippen LogP contribution < -0.4 is 4.74 Å². The van der Waals surface area contributed by atoms with Crippen LogP contribution in [0.5, 0.6) is 5.75 Å². The first-order chi connectivity index (χ1) is 9.72. The third-order valence-electron chi connectivity index (χ3n) is 3.76. The minimum Gasteiger partial charge on any atom is -0.495 e. The van der Waals surface area contributed by atoms with Crippen LogP contribution in [0.2, 0.25) is 0 Å². The lowest BCUT2D eigenvalue weighted by Crippen LogP contribution is -2.41. The van der Waals surface area contributed by atoms with Gasteiger partial charge in [-0.25, -0.2) is 0 Å². The first-order valence-electron chi connectivity index (χ1n) is 7.09. The molecule has 1 aromatic heterocycles. The van der Waals surface area contributed by atoms with Crippen LogP contribution in [0, 0.1) is 5.92 Å². The van der Waals surface area contributed by atoms with E-state index in [1.165, 1.54) is 0 Å². The summed E-state index contributed by atoms with van der Waals surface area (Å²) >= 11 is 0. The monoisotopic (exact) mass is 278 g/mol. The number of hydrogen-bond acceptors (Lipinski definition) is 4. The van der Waals surface area contributed by atoms with Gasteiger partial charge in [-0.3, -0.25) is 9.78 Å². The summed E-state index contributed by atoms with van der Waals surface area (Å²) in [5.41, 5.74) is 1.01. The number of hydrogen-bond donors (Lipinski definition) is 1. The Morgan fingerprint density at radius 2 is 2.40 bits per heavy atom. The standard InChI is InChI=1S/C15H22N2O3/c1-20-14-7-12(8-16-9-14)4-5-15(19)17-6-2-3-13(10-17)11-18/h7-9,13,18H,2-6,10-11H2,1H3. The fraction of sp³-hybridized carbons (Fsp3) is 0.600. The average molecular weight is 278 g/mol. The van der Waals surface area contributed by atoms with Crippen molar-refractivity contribution in [3.63, 3.8) is 0 Å². The van der Waals surface area contributed by atoms with E-state index in [0.717, 1.165) is 24.9 Å². The summed E-state index contributed by atoms with van der Waals surface area (Å²) in [5, 5.41) is 9.20. The predicted molar refractivity (Wildman–Crippen MR) is 75.5 cm³/mol. The van der Waals surface area contributed by atoms with E-state index in [0.29, 0.717) is 25.1 Å². The highest BCUT2D eigenvalue weighted by molar-refractivity contribution is 5.76. The van der Waals surface area contributed by atoms with Crippen LogP contribution in [0.3, 0.4) is 0 Å². The third kappa shape index (κ3) is 3.93. The smallest absolute Gasteiger partial charge is 0.222 e. The number of aliphatic hydroxyl groups is 1. The number of pyridine rings is 1. The molecule has 5 heteroatoms. The zero-order chi connectivity index (χ0) is 14.4. The van der Waals surface area contributed by atoms with Crippen molar-refractivity contribution in [3.05, 3.63) is 24.0 Å². The first-order valence-corrected chi connectivity index (χ1v) is 7.09. The summed E-state index contributed by atoms with van der Waals surface area (Å²) in [6, 6.07) is 1.91. The highest BCUT2D eigenvalue weighted by Gasteiger charge is 2.22. The van der Waals surface area contributed by atoms with Crippen molar-refractivity contribution in [1.82, 2.24) is 9.88 Å². The molecule has 1 aliphatic rings. The third-order valence-corrected chi connectivity index (χ3v) is 3.76. The van der Waals surface area contributed by atoms with Crippen LogP contribution in [0.4, 0.5) is 0 Å². The summed E-state index contributed by atoms with van der Waals surface area (Å²) in [4.78, 5) is 18.1. The number of aromatic nitrogens is 1. The van der Waals surface area contributed by atoms with Crippen LogP contribution in [0.15, 0.2) is 18.5 Å². The van der Waals surface area contributed by atoms with Gasteiger partial charge in [-0.2, -0.15) is 0 Å². The van der Waals surface area contributed by atoms with Gasteiger partial charge in [0, 0.05) is 32.3 Å². The number of amides is 1. The normalized spacial score (nSPS) is 18.9. The van der Waals surface area contributed by atoms with Crippen LogP contribution >= 0.6 is 0 Å². The number of ether oxygens (including phenoxy) is 1. The highest BCUT2D eigenvalue weighted by Crippen LogP contribution is 2.18. The van der Waals surface area contributed by atoms with Crippen LogP contribution in [-0.2, 0) is 11.2 Å². The molecule has 0 aromatic carbocycles. The van der Waals surface area contributed by atoms with Gasteiger partial charge in [0.2, 0.25) is 5.91 Å². The van der Waals surface area contributed by atoms with Crippen molar-refractivity contribution in [1.29, 1.82) is 0 Å². The van der Waals surface area contributed by atoms with Crippen LogP contribution in [0.25, 0.3) is 0 Å². The van der Waals surface area contributed by atoms with Gasteiger partial charge in [0.05, 0.1) is 13.3 Å². The van der Waals surface area contributed by atoms with E-state index in [2.05, 4.69) is 4.98 Å². The second-order valence-corrected chi connectivity index (χ2v) is 5.26. The van der Waals surface area contributed by atoms with Gasteiger partial charge in [-0.15, -0.1) is 0 Å². The number of carbonyl (C=O) groups excluding carboxylic acids is 1. The maximum atomic E-state index is 12.2. The number of aliphatic hydroxyl groups excluding tert-OH is 1. The molecule has 0 spiro atoms. The van der Waals surface area contributed by atoms with E-state index >= 15 is 0 Å². The molecule has 2 heterocycles. The number of piperidine rings is 1. The Labute approximate surface area is 119 Å². The topological polar surface area (TPSA) is 62.7 Å². The lowest BCUT2D eigenvalue weighted by molar-refractivity contribution is -0.133. The Kier molecular flexibility index (Phi) is 5.35. The molecule has 0 bridgehead atoms. The Hall–Kier alpha value is -1.62. The molecule has 1 aliphatic heterocycles. The van der Waals surface area contributed by atoms with Crippen molar-refractivity contribution in [2.75, 3.05) is 26.8 Å². The molecular weight excluding hydrogens is 256 g/mol. The number of nitrogens with zero attached hydrogens (tertiary/aromatic N) is 2. The van der Waals surface area contributed by atoms with E-state index < -0.39 is 0 Å². The van der Waals surface area contributed by atoms with Gasteiger partial charge in [0.25, 0.3) is 0 Å². The van der Waals surface area contributed by atoms with Gasteiger partial charge in [-0.05, 0) is 36.8 Å². The highest BCUT2D eigenvalue weighted by atomic mass is 16.5. The molecule has 5 nitrogen and oxygen atoms in total. The Balaban J connectivity index is 1.85. The molecule has 2 rings (SSSR count). The van der Waals surface area contributed by atoms with Crippen LogP contribution in [-0.4, -0.2) is 47.7 Å². The molecule has 1 saturated heterocycles.